The lowest BCUT2D eigenvalue weighted by Crippen LogP contribution is -2.72. The fourth-order valence-electron chi connectivity index (χ4n) is 7.89. The molecule has 2 atom stereocenters. The molecule has 0 spiro atoms. The van der Waals surface area contributed by atoms with Crippen molar-refractivity contribution in [2.45, 2.75) is 41.0 Å². The van der Waals surface area contributed by atoms with Crippen molar-refractivity contribution in [3.8, 4) is 0 Å². The molecule has 1 unspecified atom stereocenters. The predicted molar refractivity (Wildman–Crippen MR) is 248 cm³/mol. The van der Waals surface area contributed by atoms with Crippen LogP contribution in [0.2, 0.25) is 4.34 Å². The highest BCUT2D eigenvalue weighted by Crippen LogP contribution is 2.46. The van der Waals surface area contributed by atoms with Crippen LogP contribution in [0.15, 0.2) is 172 Å². The van der Waals surface area contributed by atoms with Gasteiger partial charge in [0, 0.05) is 21.6 Å². The Hall–Kier alpha value is -6.85. The summed E-state index contributed by atoms with van der Waals surface area (Å²) in [6.07, 6.45) is -0.0534. The molecule has 0 saturated carbocycles. The van der Waals surface area contributed by atoms with Crippen molar-refractivity contribution in [1.29, 1.82) is 0 Å². The SMILES string of the molecule is Nc1nnc(SC2=C(C(=O)OC(c3ccccc3)c3ccccc3)N3C(=O)[C@H](NC(=O)/C(=N\OC(c4ccccc4)(c4ccccc4)c4ccccc4)c4nc(N)sc4Cl)C3CC2)s1. The highest BCUT2D eigenvalue weighted by atomic mass is 35.5. The molecule has 2 amide bonds. The van der Waals surface area contributed by atoms with Crippen LogP contribution < -0.4 is 16.8 Å². The summed E-state index contributed by atoms with van der Waals surface area (Å²) in [5.41, 5.74) is 14.0. The number of nitrogens with two attached hydrogens (primary N) is 2. The first-order valence-corrected chi connectivity index (χ1v) is 22.8. The fourth-order valence-corrected chi connectivity index (χ4v) is 10.7. The zero-order valence-electron chi connectivity index (χ0n) is 33.6. The van der Waals surface area contributed by atoms with Crippen LogP contribution in [0.25, 0.3) is 0 Å². The van der Waals surface area contributed by atoms with Gasteiger partial charge in [0.05, 0.1) is 6.04 Å². The number of nitrogen functional groups attached to an aromatic ring is 2. The predicted octanol–water partition coefficient (Wildman–Crippen LogP) is 8.35. The van der Waals surface area contributed by atoms with Crippen LogP contribution in [0.1, 0.15) is 52.5 Å². The van der Waals surface area contributed by atoms with E-state index in [9.17, 15) is 14.4 Å². The Balaban J connectivity index is 1.06. The number of amides is 2. The Morgan fingerprint density at radius 2 is 1.31 bits per heavy atom. The molecule has 1 saturated heterocycles. The number of carbonyl (C=O) groups excluding carboxylic acids is 3. The number of nitrogens with one attached hydrogen (secondary N) is 1. The quantitative estimate of drug-likeness (QED) is 0.0313. The first-order valence-electron chi connectivity index (χ1n) is 20.0. The Morgan fingerprint density at radius 3 is 1.80 bits per heavy atom. The molecule has 2 aliphatic rings. The molecular formula is C47H37ClN8O5S3. The number of thiazole rings is 1. The first kappa shape index (κ1) is 42.5. The minimum absolute atomic E-state index is 0.0240. The second kappa shape index (κ2) is 18.5. The molecule has 5 aromatic carbocycles. The zero-order chi connectivity index (χ0) is 44.2. The number of ether oxygens (including phenoxy) is 1. The molecule has 0 bridgehead atoms. The molecule has 2 aromatic heterocycles. The van der Waals surface area contributed by atoms with Crippen LogP contribution in [-0.4, -0.2) is 55.7 Å². The van der Waals surface area contributed by atoms with E-state index in [-0.39, 0.29) is 31.7 Å². The lowest BCUT2D eigenvalue weighted by molar-refractivity contribution is -0.158. The molecule has 13 nitrogen and oxygen atoms in total. The van der Waals surface area contributed by atoms with Crippen LogP contribution in [-0.2, 0) is 29.6 Å². The van der Waals surface area contributed by atoms with Gasteiger partial charge >= 0.3 is 5.97 Å². The second-order valence-electron chi connectivity index (χ2n) is 14.6. The summed E-state index contributed by atoms with van der Waals surface area (Å²) in [6.45, 7) is 0. The van der Waals surface area contributed by atoms with Crippen molar-refractivity contribution < 1.29 is 24.0 Å². The minimum atomic E-state index is -1.36. The van der Waals surface area contributed by atoms with Crippen LogP contribution >= 0.6 is 46.0 Å². The van der Waals surface area contributed by atoms with Crippen molar-refractivity contribution in [3.05, 3.63) is 200 Å². The van der Waals surface area contributed by atoms with Crippen molar-refractivity contribution >= 4 is 79.8 Å². The van der Waals surface area contributed by atoms with E-state index in [1.54, 1.807) is 0 Å². The van der Waals surface area contributed by atoms with Crippen LogP contribution in [0.3, 0.4) is 0 Å². The Morgan fingerprint density at radius 1 is 0.781 bits per heavy atom. The lowest BCUT2D eigenvalue weighted by Gasteiger charge is -2.50. The summed E-state index contributed by atoms with van der Waals surface area (Å²) < 4.78 is 6.91. The van der Waals surface area contributed by atoms with Crippen LogP contribution in [0.5, 0.6) is 0 Å². The maximum atomic E-state index is 14.7. The van der Waals surface area contributed by atoms with E-state index in [0.29, 0.717) is 22.1 Å². The summed E-state index contributed by atoms with van der Waals surface area (Å²) in [6, 6.07) is 45.5. The Kier molecular flexibility index (Phi) is 12.3. The van der Waals surface area contributed by atoms with Gasteiger partial charge in [0.2, 0.25) is 10.7 Å². The van der Waals surface area contributed by atoms with Gasteiger partial charge in [-0.2, -0.15) is 0 Å². The van der Waals surface area contributed by atoms with Gasteiger partial charge in [-0.15, -0.1) is 10.2 Å². The van der Waals surface area contributed by atoms with Crippen LogP contribution in [0.4, 0.5) is 10.3 Å². The molecule has 7 aromatic rings. The van der Waals surface area contributed by atoms with Crippen molar-refractivity contribution in [2.24, 2.45) is 5.16 Å². The molecule has 2 aliphatic heterocycles. The molecular weight excluding hydrogens is 888 g/mol. The van der Waals surface area contributed by atoms with E-state index in [1.807, 2.05) is 152 Å². The maximum Gasteiger partial charge on any atom is 0.356 e. The monoisotopic (exact) mass is 924 g/mol. The van der Waals surface area contributed by atoms with Gasteiger partial charge in [-0.25, -0.2) is 9.78 Å². The number of allylic oxidation sites excluding steroid dienone is 1. The zero-order valence-corrected chi connectivity index (χ0v) is 36.8. The smallest absolute Gasteiger partial charge is 0.356 e. The number of fused-ring (bicyclic) bond motifs is 1. The number of β-lactam (4-membered cyclic amide) rings is 1. The number of benzene rings is 5. The highest BCUT2D eigenvalue weighted by molar-refractivity contribution is 8.04. The molecule has 9 rings (SSSR count). The van der Waals surface area contributed by atoms with Crippen LogP contribution in [0, 0.1) is 0 Å². The number of esters is 1. The highest BCUT2D eigenvalue weighted by Gasteiger charge is 2.54. The normalized spacial score (nSPS) is 16.2. The maximum absolute atomic E-state index is 14.7. The topological polar surface area (TPSA) is 188 Å². The fraction of sp³-hybridized carbons (Fsp3) is 0.128. The molecule has 320 valence electrons. The number of aromatic nitrogens is 3. The minimum Gasteiger partial charge on any atom is -0.448 e. The van der Waals surface area contributed by atoms with E-state index in [4.69, 9.17) is 32.6 Å². The van der Waals surface area contributed by atoms with Gasteiger partial charge in [0.15, 0.2) is 21.3 Å². The van der Waals surface area contributed by atoms with E-state index >= 15 is 0 Å². The third-order valence-electron chi connectivity index (χ3n) is 10.8. The Bertz CT molecular complexity index is 2730. The number of oxime groups is 1. The molecule has 0 radical (unpaired) electrons. The van der Waals surface area contributed by atoms with Gasteiger partial charge in [-0.1, -0.05) is 203 Å². The summed E-state index contributed by atoms with van der Waals surface area (Å²) in [5, 5.41) is 15.9. The van der Waals surface area contributed by atoms with Gasteiger partial charge in [-0.05, 0) is 24.0 Å². The molecule has 0 aliphatic carbocycles. The average molecular weight is 926 g/mol. The van der Waals surface area contributed by atoms with Gasteiger partial charge in [-0.3, -0.25) is 14.5 Å². The molecule has 64 heavy (non-hydrogen) atoms. The Labute approximate surface area is 384 Å². The van der Waals surface area contributed by atoms with Gasteiger partial charge in [0.25, 0.3) is 11.8 Å². The van der Waals surface area contributed by atoms with E-state index in [1.165, 1.54) is 16.7 Å². The number of halogens is 1. The second-order valence-corrected chi connectivity index (χ2v) is 18.6. The number of nitrogens with zero attached hydrogens (tertiary/aromatic N) is 5. The van der Waals surface area contributed by atoms with E-state index in [2.05, 4.69) is 25.7 Å². The number of hydrogen-bond acceptors (Lipinski definition) is 14. The first-order chi connectivity index (χ1) is 31.2. The van der Waals surface area contributed by atoms with Crippen molar-refractivity contribution in [1.82, 2.24) is 25.4 Å². The molecule has 1 fully saturated rings. The number of hydrogen-bond donors (Lipinski definition) is 3. The van der Waals surface area contributed by atoms with E-state index in [0.717, 1.165) is 50.5 Å². The number of rotatable bonds is 14. The van der Waals surface area contributed by atoms with Gasteiger partial charge < -0.3 is 26.4 Å². The third-order valence-corrected chi connectivity index (χ3v) is 13.8. The lowest BCUT2D eigenvalue weighted by atomic mass is 9.80. The van der Waals surface area contributed by atoms with Crippen molar-refractivity contribution in [3.63, 3.8) is 0 Å². The van der Waals surface area contributed by atoms with E-state index < -0.39 is 41.6 Å². The number of anilines is 2. The van der Waals surface area contributed by atoms with Gasteiger partial charge in [0.1, 0.15) is 21.8 Å². The summed E-state index contributed by atoms with van der Waals surface area (Å²) in [5.74, 6) is -2.05. The molecule has 5 N–H and O–H groups in total. The summed E-state index contributed by atoms with van der Waals surface area (Å²) >= 11 is 10.0. The molecule has 4 heterocycles. The summed E-state index contributed by atoms with van der Waals surface area (Å²) in [7, 11) is 0. The molecule has 17 heteroatoms. The third kappa shape index (κ3) is 8.35. The summed E-state index contributed by atoms with van der Waals surface area (Å²) in [4.78, 5) is 56.7. The van der Waals surface area contributed by atoms with Crippen molar-refractivity contribution in [2.75, 3.05) is 11.5 Å². The largest absolute Gasteiger partial charge is 0.448 e. The number of thioether (sulfide) groups is 1. The number of carbonyl (C=O) groups is 3. The average Bonchev–Trinajstić information content (AvgIpc) is 3.91. The standard InChI is InChI=1S/C47H37ClN8O5S3/c48-40-36(52-44(49)63-40)37(55-61-47(30-20-10-3-11-21-30,31-22-12-4-13-23-31)32-24-14-5-15-25-32)41(57)51-35-33-26-27-34(62-46-54-53-45(50)64-46)38(56(33)42(35)58)43(59)60-39(28-16-6-1-7-17-28)29-18-8-2-9-19-29/h1-25,33,35,39H,26-27H2,(H2,49,52)(H2,50,53)(H,51,57)/b55-37-/t33?,35-/m1/s1.